The van der Waals surface area contributed by atoms with Crippen molar-refractivity contribution in [2.45, 2.75) is 6.42 Å². The molecule has 6 heteroatoms. The first kappa shape index (κ1) is 11.6. The van der Waals surface area contributed by atoms with Crippen LogP contribution < -0.4 is 0 Å². The SMILES string of the molecule is F.O=S(=O)(O)CCCF. The monoisotopic (exact) mass is 162 g/mol. The Balaban J connectivity index is 0. The van der Waals surface area contributed by atoms with Gasteiger partial charge in [0.05, 0.1) is 12.4 Å². The van der Waals surface area contributed by atoms with Gasteiger partial charge in [-0.1, -0.05) is 0 Å². The molecule has 0 saturated heterocycles. The van der Waals surface area contributed by atoms with Gasteiger partial charge in [0.1, 0.15) is 0 Å². The first-order valence-corrected chi connectivity index (χ1v) is 3.68. The Hall–Kier alpha value is -0.230. The van der Waals surface area contributed by atoms with Gasteiger partial charge in [0.2, 0.25) is 0 Å². The highest BCUT2D eigenvalue weighted by molar-refractivity contribution is 7.85. The average molecular weight is 162 g/mol. The second-order valence-electron chi connectivity index (χ2n) is 1.33. The van der Waals surface area contributed by atoms with E-state index in [1.54, 1.807) is 0 Å². The highest BCUT2D eigenvalue weighted by Gasteiger charge is 2.01. The molecule has 0 aromatic rings. The number of hydrogen-bond acceptors (Lipinski definition) is 2. The summed E-state index contributed by atoms with van der Waals surface area (Å²) in [5, 5.41) is 0. The van der Waals surface area contributed by atoms with Crippen LogP contribution in [0.4, 0.5) is 9.09 Å². The van der Waals surface area contributed by atoms with E-state index in [-0.39, 0.29) is 11.1 Å². The van der Waals surface area contributed by atoms with Gasteiger partial charge >= 0.3 is 0 Å². The molecule has 0 aliphatic carbocycles. The minimum atomic E-state index is -3.93. The third-order valence-corrected chi connectivity index (χ3v) is 1.34. The summed E-state index contributed by atoms with van der Waals surface area (Å²) in [6.07, 6.45) is -0.126. The lowest BCUT2D eigenvalue weighted by atomic mass is 10.6. The van der Waals surface area contributed by atoms with Gasteiger partial charge in [0.25, 0.3) is 10.1 Å². The van der Waals surface area contributed by atoms with Gasteiger partial charge in [0, 0.05) is 0 Å². The smallest absolute Gasteiger partial charge is 0.264 e. The van der Waals surface area contributed by atoms with E-state index in [9.17, 15) is 12.8 Å². The van der Waals surface area contributed by atoms with E-state index in [1.807, 2.05) is 0 Å². The summed E-state index contributed by atoms with van der Waals surface area (Å²) in [4.78, 5) is 0. The molecule has 0 saturated carbocycles. The standard InChI is InChI=1S/C3H7FO3S.FH/c4-2-1-3-8(5,6)7;/h1-3H2,(H,5,6,7);1H. The number of alkyl halides is 1. The molecule has 0 radical (unpaired) electrons. The van der Waals surface area contributed by atoms with Crippen LogP contribution in [0.2, 0.25) is 0 Å². The van der Waals surface area contributed by atoms with E-state index < -0.39 is 22.5 Å². The van der Waals surface area contributed by atoms with Gasteiger partial charge in [-0.15, -0.1) is 0 Å². The predicted octanol–water partition coefficient (Wildman–Crippen LogP) is 0.386. The van der Waals surface area contributed by atoms with Gasteiger partial charge in [0.15, 0.2) is 0 Å². The maximum atomic E-state index is 11.1. The zero-order chi connectivity index (χ0) is 6.62. The Bertz CT molecular complexity index is 141. The van der Waals surface area contributed by atoms with E-state index in [4.69, 9.17) is 4.55 Å². The Labute approximate surface area is 52.0 Å². The molecule has 0 bridgehead atoms. The van der Waals surface area contributed by atoms with Crippen LogP contribution in [-0.2, 0) is 10.1 Å². The van der Waals surface area contributed by atoms with E-state index in [2.05, 4.69) is 0 Å². The van der Waals surface area contributed by atoms with Crippen molar-refractivity contribution in [3.8, 4) is 0 Å². The molecule has 0 aromatic carbocycles. The fourth-order valence-electron chi connectivity index (χ4n) is 0.237. The second kappa shape index (κ2) is 4.63. The van der Waals surface area contributed by atoms with Gasteiger partial charge < -0.3 is 0 Å². The van der Waals surface area contributed by atoms with Crippen LogP contribution in [0, 0.1) is 0 Å². The molecule has 1 N–H and O–H groups in total. The first-order chi connectivity index (χ1) is 3.56. The summed E-state index contributed by atoms with van der Waals surface area (Å²) in [7, 11) is -3.93. The molecule has 9 heavy (non-hydrogen) atoms. The van der Waals surface area contributed by atoms with E-state index in [0.717, 1.165) is 0 Å². The topological polar surface area (TPSA) is 54.4 Å². The van der Waals surface area contributed by atoms with Crippen molar-refractivity contribution in [2.24, 2.45) is 0 Å². The van der Waals surface area contributed by atoms with Crippen molar-refractivity contribution < 1.29 is 22.1 Å². The molecule has 0 aromatic heterocycles. The van der Waals surface area contributed by atoms with Crippen LogP contribution in [0.1, 0.15) is 6.42 Å². The van der Waals surface area contributed by atoms with Crippen molar-refractivity contribution in [1.29, 1.82) is 0 Å². The highest BCUT2D eigenvalue weighted by Crippen LogP contribution is 1.87. The quantitative estimate of drug-likeness (QED) is 0.610. The zero-order valence-electron chi connectivity index (χ0n) is 4.58. The van der Waals surface area contributed by atoms with Gasteiger partial charge in [-0.3, -0.25) is 13.6 Å². The summed E-state index contributed by atoms with van der Waals surface area (Å²) < 4.78 is 38.7. The lowest BCUT2D eigenvalue weighted by Crippen LogP contribution is -2.03. The Morgan fingerprint density at radius 3 is 2.00 bits per heavy atom. The molecule has 3 nitrogen and oxygen atoms in total. The molecule has 0 aliphatic rings. The second-order valence-corrected chi connectivity index (χ2v) is 2.90. The number of rotatable bonds is 3. The van der Waals surface area contributed by atoms with E-state index in [0.29, 0.717) is 0 Å². The minimum absolute atomic E-state index is 0. The van der Waals surface area contributed by atoms with Crippen molar-refractivity contribution >= 4 is 10.1 Å². The Morgan fingerprint density at radius 2 is 1.89 bits per heavy atom. The molecule has 0 spiro atoms. The van der Waals surface area contributed by atoms with Crippen molar-refractivity contribution in [3.05, 3.63) is 0 Å². The Morgan fingerprint density at radius 1 is 1.44 bits per heavy atom. The van der Waals surface area contributed by atoms with Gasteiger partial charge in [-0.05, 0) is 6.42 Å². The zero-order valence-corrected chi connectivity index (χ0v) is 5.40. The van der Waals surface area contributed by atoms with Crippen molar-refractivity contribution in [1.82, 2.24) is 0 Å². The lowest BCUT2D eigenvalue weighted by molar-refractivity contribution is 0.457. The summed E-state index contributed by atoms with van der Waals surface area (Å²) in [5.41, 5.74) is 0. The molecular formula is C3H8F2O3S. The largest absolute Gasteiger partial charge is 0.286 e. The molecule has 58 valence electrons. The van der Waals surface area contributed by atoms with Crippen LogP contribution in [-0.4, -0.2) is 25.4 Å². The van der Waals surface area contributed by atoms with Crippen molar-refractivity contribution in [2.75, 3.05) is 12.4 Å². The third kappa shape index (κ3) is 11.4. The maximum Gasteiger partial charge on any atom is 0.264 e. The molecule has 0 atom stereocenters. The van der Waals surface area contributed by atoms with Gasteiger partial charge in [-0.25, -0.2) is 0 Å². The van der Waals surface area contributed by atoms with Crippen LogP contribution in [0.5, 0.6) is 0 Å². The molecular weight excluding hydrogens is 154 g/mol. The average Bonchev–Trinajstić information content (AvgIpc) is 1.59. The molecule has 0 aliphatic heterocycles. The summed E-state index contributed by atoms with van der Waals surface area (Å²) in [5.74, 6) is -0.483. The summed E-state index contributed by atoms with van der Waals surface area (Å²) in [6.45, 7) is -0.709. The number of halogens is 2. The fraction of sp³-hybridized carbons (Fsp3) is 1.00. The molecule has 0 amide bonds. The first-order valence-electron chi connectivity index (χ1n) is 2.07. The van der Waals surface area contributed by atoms with E-state index >= 15 is 0 Å². The third-order valence-electron chi connectivity index (χ3n) is 0.536. The molecule has 0 rings (SSSR count). The molecule has 0 heterocycles. The Kier molecular flexibility index (Phi) is 5.94. The van der Waals surface area contributed by atoms with Gasteiger partial charge in [-0.2, -0.15) is 8.42 Å². The van der Waals surface area contributed by atoms with Crippen LogP contribution in [0.3, 0.4) is 0 Å². The number of hydrogen-bond donors (Lipinski definition) is 1. The minimum Gasteiger partial charge on any atom is -0.286 e. The molecule has 0 fully saturated rings. The predicted molar refractivity (Wildman–Crippen MR) is 29.5 cm³/mol. The van der Waals surface area contributed by atoms with Crippen LogP contribution >= 0.6 is 0 Å². The van der Waals surface area contributed by atoms with E-state index in [1.165, 1.54) is 0 Å². The summed E-state index contributed by atoms with van der Waals surface area (Å²) in [6, 6.07) is 0. The fourth-order valence-corrected chi connectivity index (χ4v) is 0.711. The molecule has 0 unspecified atom stereocenters. The normalized spacial score (nSPS) is 10.4. The maximum absolute atomic E-state index is 11.1. The van der Waals surface area contributed by atoms with Crippen LogP contribution in [0.15, 0.2) is 0 Å². The highest BCUT2D eigenvalue weighted by atomic mass is 32.2. The van der Waals surface area contributed by atoms with Crippen LogP contribution in [0.25, 0.3) is 0 Å². The lowest BCUT2D eigenvalue weighted by Gasteiger charge is -1.88. The summed E-state index contributed by atoms with van der Waals surface area (Å²) >= 11 is 0. The van der Waals surface area contributed by atoms with Crippen molar-refractivity contribution in [3.63, 3.8) is 0 Å².